The van der Waals surface area contributed by atoms with Gasteiger partial charge in [-0.3, -0.25) is 15.6 Å². The molecule has 0 heterocycles. The van der Waals surface area contributed by atoms with E-state index in [4.69, 9.17) is 16.2 Å². The molecule has 1 atom stereocenters. The first-order valence-electron chi connectivity index (χ1n) is 4.01. The lowest BCUT2D eigenvalue weighted by molar-refractivity contribution is -0.140. The number of carboxylic acids is 1. The van der Waals surface area contributed by atoms with E-state index in [2.05, 4.69) is 10.9 Å². The van der Waals surface area contributed by atoms with Crippen LogP contribution in [0, 0.1) is 11.3 Å². The molecule has 0 fully saturated rings. The predicted octanol–water partition coefficient (Wildman–Crippen LogP) is -0.527. The Morgan fingerprint density at radius 3 is 2.46 bits per heavy atom. The SMILES string of the molecule is CC(C)C[C@H](NNC(=N)N)C(=O)O. The number of carbonyl (C=O) groups is 1. The molecule has 0 bridgehead atoms. The lowest BCUT2D eigenvalue weighted by Gasteiger charge is -2.16. The zero-order chi connectivity index (χ0) is 10.4. The Balaban J connectivity index is 3.95. The molecular weight excluding hydrogens is 172 g/mol. The van der Waals surface area contributed by atoms with Crippen LogP contribution in [0.15, 0.2) is 0 Å². The molecule has 0 aromatic rings. The molecule has 0 rings (SSSR count). The van der Waals surface area contributed by atoms with Gasteiger partial charge in [-0.25, -0.2) is 5.43 Å². The smallest absolute Gasteiger partial charge is 0.322 e. The van der Waals surface area contributed by atoms with Gasteiger partial charge in [-0.1, -0.05) is 13.8 Å². The van der Waals surface area contributed by atoms with Crippen molar-refractivity contribution in [3.63, 3.8) is 0 Å². The number of hydrogen-bond acceptors (Lipinski definition) is 3. The van der Waals surface area contributed by atoms with E-state index in [-0.39, 0.29) is 11.9 Å². The Morgan fingerprint density at radius 1 is 1.62 bits per heavy atom. The Kier molecular flexibility index (Phi) is 4.83. The van der Waals surface area contributed by atoms with Crippen LogP contribution in [0.25, 0.3) is 0 Å². The first-order chi connectivity index (χ1) is 5.93. The molecule has 0 unspecified atom stereocenters. The summed E-state index contributed by atoms with van der Waals surface area (Å²) in [5.74, 6) is -0.986. The van der Waals surface area contributed by atoms with Gasteiger partial charge in [0.25, 0.3) is 0 Å². The predicted molar refractivity (Wildman–Crippen MR) is 49.1 cm³/mol. The standard InChI is InChI=1S/C7H16N4O2/c1-4(2)3-5(6(12)13)10-11-7(8)9/h4-5,10H,3H2,1-2H3,(H,12,13)(H4,8,9,11)/t5-/m0/s1. The van der Waals surface area contributed by atoms with Gasteiger partial charge in [0.2, 0.25) is 0 Å². The Bertz CT molecular complexity index is 193. The monoisotopic (exact) mass is 188 g/mol. The Labute approximate surface area is 77.0 Å². The molecule has 0 saturated carbocycles. The third kappa shape index (κ3) is 5.92. The van der Waals surface area contributed by atoms with Gasteiger partial charge < -0.3 is 10.8 Å². The third-order valence-corrected chi connectivity index (χ3v) is 1.39. The minimum Gasteiger partial charge on any atom is -0.480 e. The van der Waals surface area contributed by atoms with Crippen LogP contribution in [0.4, 0.5) is 0 Å². The van der Waals surface area contributed by atoms with Crippen LogP contribution in [0.1, 0.15) is 20.3 Å². The van der Waals surface area contributed by atoms with Gasteiger partial charge in [-0.05, 0) is 12.3 Å². The summed E-state index contributed by atoms with van der Waals surface area (Å²) in [6, 6.07) is -0.719. The van der Waals surface area contributed by atoms with Gasteiger partial charge in [0.15, 0.2) is 5.96 Å². The van der Waals surface area contributed by atoms with Gasteiger partial charge in [-0.2, -0.15) is 0 Å². The zero-order valence-electron chi connectivity index (χ0n) is 7.79. The van der Waals surface area contributed by atoms with Crippen LogP contribution in [-0.4, -0.2) is 23.1 Å². The minimum atomic E-state index is -0.956. The summed E-state index contributed by atoms with van der Waals surface area (Å²) in [5.41, 5.74) is 9.70. The van der Waals surface area contributed by atoms with Crippen molar-refractivity contribution < 1.29 is 9.90 Å². The van der Waals surface area contributed by atoms with E-state index in [0.717, 1.165) is 0 Å². The molecule has 6 heteroatoms. The maximum Gasteiger partial charge on any atom is 0.322 e. The summed E-state index contributed by atoms with van der Waals surface area (Å²) in [5, 5.41) is 15.5. The van der Waals surface area contributed by atoms with Gasteiger partial charge >= 0.3 is 5.97 Å². The number of nitrogens with two attached hydrogens (primary N) is 1. The average Bonchev–Trinajstić information content (AvgIpc) is 1.96. The summed E-state index contributed by atoms with van der Waals surface area (Å²) in [6.45, 7) is 3.84. The van der Waals surface area contributed by atoms with Crippen LogP contribution in [0.3, 0.4) is 0 Å². The topological polar surface area (TPSA) is 111 Å². The highest BCUT2D eigenvalue weighted by molar-refractivity contribution is 5.76. The average molecular weight is 188 g/mol. The second-order valence-electron chi connectivity index (χ2n) is 3.20. The first-order valence-corrected chi connectivity index (χ1v) is 4.01. The molecule has 6 nitrogen and oxygen atoms in total. The van der Waals surface area contributed by atoms with E-state index in [1.54, 1.807) is 0 Å². The minimum absolute atomic E-state index is 0.266. The molecule has 0 aromatic heterocycles. The second kappa shape index (κ2) is 5.36. The maximum absolute atomic E-state index is 10.6. The molecule has 0 spiro atoms. The van der Waals surface area contributed by atoms with E-state index in [9.17, 15) is 4.79 Å². The fourth-order valence-electron chi connectivity index (χ4n) is 0.858. The Hall–Kier alpha value is -1.30. The van der Waals surface area contributed by atoms with Crippen molar-refractivity contribution in [1.29, 1.82) is 5.41 Å². The van der Waals surface area contributed by atoms with E-state index in [0.29, 0.717) is 6.42 Å². The third-order valence-electron chi connectivity index (χ3n) is 1.39. The van der Waals surface area contributed by atoms with Crippen molar-refractivity contribution in [3.8, 4) is 0 Å². The first kappa shape index (κ1) is 11.7. The van der Waals surface area contributed by atoms with Crippen molar-refractivity contribution in [2.24, 2.45) is 11.7 Å². The van der Waals surface area contributed by atoms with Crippen LogP contribution in [0.5, 0.6) is 0 Å². The van der Waals surface area contributed by atoms with E-state index >= 15 is 0 Å². The molecule has 0 aliphatic heterocycles. The summed E-state index contributed by atoms with van der Waals surface area (Å²) in [4.78, 5) is 10.6. The summed E-state index contributed by atoms with van der Waals surface area (Å²) in [6.07, 6.45) is 0.482. The Morgan fingerprint density at radius 2 is 2.15 bits per heavy atom. The van der Waals surface area contributed by atoms with Crippen molar-refractivity contribution in [2.45, 2.75) is 26.3 Å². The summed E-state index contributed by atoms with van der Waals surface area (Å²) < 4.78 is 0. The number of hydrogen-bond donors (Lipinski definition) is 5. The van der Waals surface area contributed by atoms with Crippen molar-refractivity contribution in [3.05, 3.63) is 0 Å². The largest absolute Gasteiger partial charge is 0.480 e. The number of guanidine groups is 1. The highest BCUT2D eigenvalue weighted by atomic mass is 16.4. The number of rotatable bonds is 5. The molecule has 13 heavy (non-hydrogen) atoms. The molecule has 76 valence electrons. The second-order valence-corrected chi connectivity index (χ2v) is 3.20. The molecule has 0 radical (unpaired) electrons. The van der Waals surface area contributed by atoms with Crippen LogP contribution < -0.4 is 16.6 Å². The fourth-order valence-corrected chi connectivity index (χ4v) is 0.858. The van der Waals surface area contributed by atoms with Crippen molar-refractivity contribution in [2.75, 3.05) is 0 Å². The number of nitrogens with one attached hydrogen (secondary N) is 3. The lowest BCUT2D eigenvalue weighted by atomic mass is 10.0. The van der Waals surface area contributed by atoms with Gasteiger partial charge in [0.1, 0.15) is 6.04 Å². The fraction of sp³-hybridized carbons (Fsp3) is 0.714. The highest BCUT2D eigenvalue weighted by Crippen LogP contribution is 2.03. The van der Waals surface area contributed by atoms with E-state index in [1.165, 1.54) is 0 Å². The number of hydrazine groups is 1. The van der Waals surface area contributed by atoms with E-state index in [1.807, 2.05) is 13.8 Å². The molecular formula is C7H16N4O2. The summed E-state index contributed by atoms with van der Waals surface area (Å²) in [7, 11) is 0. The normalized spacial score (nSPS) is 12.5. The zero-order valence-corrected chi connectivity index (χ0v) is 7.79. The van der Waals surface area contributed by atoms with Crippen molar-refractivity contribution in [1.82, 2.24) is 10.9 Å². The molecule has 0 aromatic carbocycles. The summed E-state index contributed by atoms with van der Waals surface area (Å²) >= 11 is 0. The van der Waals surface area contributed by atoms with Crippen LogP contribution in [0.2, 0.25) is 0 Å². The molecule has 0 saturated heterocycles. The van der Waals surface area contributed by atoms with Gasteiger partial charge in [-0.15, -0.1) is 0 Å². The number of carboxylic acid groups (broad SMARTS) is 1. The molecule has 0 amide bonds. The molecule has 6 N–H and O–H groups in total. The lowest BCUT2D eigenvalue weighted by Crippen LogP contribution is -2.50. The van der Waals surface area contributed by atoms with Crippen LogP contribution >= 0.6 is 0 Å². The van der Waals surface area contributed by atoms with E-state index < -0.39 is 12.0 Å². The molecule has 0 aliphatic carbocycles. The quantitative estimate of drug-likeness (QED) is 0.226. The van der Waals surface area contributed by atoms with Crippen molar-refractivity contribution >= 4 is 11.9 Å². The molecule has 0 aliphatic rings. The maximum atomic E-state index is 10.6. The highest BCUT2D eigenvalue weighted by Gasteiger charge is 2.17. The van der Waals surface area contributed by atoms with Gasteiger partial charge in [0, 0.05) is 0 Å². The number of aliphatic carboxylic acids is 1. The van der Waals surface area contributed by atoms with Crippen LogP contribution in [-0.2, 0) is 4.79 Å². The van der Waals surface area contributed by atoms with Gasteiger partial charge in [0.05, 0.1) is 0 Å².